The molecule has 7 heteroatoms. The minimum atomic E-state index is -3.51. The third-order valence-electron chi connectivity index (χ3n) is 2.93. The van der Waals surface area contributed by atoms with Crippen LogP contribution >= 0.6 is 11.3 Å². The molecule has 0 spiro atoms. The number of rotatable bonds is 6. The lowest BCUT2D eigenvalue weighted by atomic mass is 10.1. The van der Waals surface area contributed by atoms with Crippen molar-refractivity contribution in [2.24, 2.45) is 0 Å². The van der Waals surface area contributed by atoms with Crippen molar-refractivity contribution < 1.29 is 8.42 Å². The molecule has 0 radical (unpaired) electrons. The van der Waals surface area contributed by atoms with Gasteiger partial charge >= 0.3 is 0 Å². The molecule has 2 N–H and O–H groups in total. The zero-order chi connectivity index (χ0) is 15.5. The van der Waals surface area contributed by atoms with Crippen molar-refractivity contribution in [1.29, 1.82) is 0 Å². The van der Waals surface area contributed by atoms with Crippen LogP contribution in [0.15, 0.2) is 40.7 Å². The maximum absolute atomic E-state index is 12.3. The third-order valence-corrected chi connectivity index (χ3v) is 5.63. The van der Waals surface area contributed by atoms with Crippen LogP contribution in [0.4, 0.5) is 5.69 Å². The summed E-state index contributed by atoms with van der Waals surface area (Å²) >= 11 is 1.53. The van der Waals surface area contributed by atoms with Gasteiger partial charge in [0.2, 0.25) is 10.0 Å². The maximum atomic E-state index is 12.3. The minimum Gasteiger partial charge on any atom is -0.373 e. The lowest BCUT2D eigenvalue weighted by Crippen LogP contribution is -2.30. The Hall–Kier alpha value is -1.44. The molecule has 2 rings (SSSR count). The van der Waals surface area contributed by atoms with Crippen LogP contribution in [0, 0.1) is 0 Å². The first-order valence-corrected chi connectivity index (χ1v) is 9.00. The number of hydrogen-bond donors (Lipinski definition) is 2. The first-order valence-electron chi connectivity index (χ1n) is 6.63. The average molecular weight is 325 g/mol. The lowest BCUT2D eigenvalue weighted by molar-refractivity contribution is 0.580. The van der Waals surface area contributed by atoms with E-state index in [2.05, 4.69) is 15.0 Å². The van der Waals surface area contributed by atoms with Gasteiger partial charge in [-0.25, -0.2) is 18.1 Å². The Kier molecular flexibility index (Phi) is 4.65. The molecule has 1 aromatic carbocycles. The van der Waals surface area contributed by atoms with Crippen molar-refractivity contribution in [2.45, 2.75) is 31.2 Å². The molecule has 0 aliphatic carbocycles. The van der Waals surface area contributed by atoms with E-state index in [1.807, 2.05) is 25.3 Å². The van der Waals surface area contributed by atoms with E-state index in [0.717, 1.165) is 5.01 Å². The Labute approximate surface area is 129 Å². The van der Waals surface area contributed by atoms with Gasteiger partial charge in [0.25, 0.3) is 0 Å². The molecule has 0 bridgehead atoms. The van der Waals surface area contributed by atoms with Crippen molar-refractivity contribution >= 4 is 27.0 Å². The van der Waals surface area contributed by atoms with E-state index in [-0.39, 0.29) is 4.90 Å². The Morgan fingerprint density at radius 3 is 2.62 bits per heavy atom. The molecule has 0 unspecified atom stereocenters. The van der Waals surface area contributed by atoms with Gasteiger partial charge in [-0.2, -0.15) is 0 Å². The number of hydrogen-bond acceptors (Lipinski definition) is 5. The van der Waals surface area contributed by atoms with Gasteiger partial charge in [0.05, 0.1) is 11.2 Å². The molecule has 0 aliphatic rings. The largest absolute Gasteiger partial charge is 0.373 e. The highest BCUT2D eigenvalue weighted by molar-refractivity contribution is 7.89. The van der Waals surface area contributed by atoms with E-state index in [4.69, 9.17) is 0 Å². The fourth-order valence-electron chi connectivity index (χ4n) is 1.99. The standard InChI is InChI=1S/C14H19N3O2S2/c1-4-16-21(18,19)12-8-6-5-7-11(12)17-14(2,3)13-15-9-10-20-13/h5-10,16-17H,4H2,1-3H3. The van der Waals surface area contributed by atoms with E-state index in [0.29, 0.717) is 12.2 Å². The Bertz CT molecular complexity index is 695. The number of benzene rings is 1. The zero-order valence-electron chi connectivity index (χ0n) is 12.3. The molecule has 0 fully saturated rings. The number of anilines is 1. The van der Waals surface area contributed by atoms with Gasteiger partial charge in [-0.3, -0.25) is 0 Å². The molecule has 5 nitrogen and oxygen atoms in total. The smallest absolute Gasteiger partial charge is 0.242 e. The molecule has 0 saturated carbocycles. The summed E-state index contributed by atoms with van der Waals surface area (Å²) in [7, 11) is -3.51. The van der Waals surface area contributed by atoms with E-state index in [1.165, 1.54) is 11.3 Å². The predicted octanol–water partition coefficient (Wildman–Crippen LogP) is 2.79. The van der Waals surface area contributed by atoms with E-state index in [9.17, 15) is 8.42 Å². The van der Waals surface area contributed by atoms with E-state index >= 15 is 0 Å². The Morgan fingerprint density at radius 1 is 1.29 bits per heavy atom. The van der Waals surface area contributed by atoms with Crippen molar-refractivity contribution in [3.8, 4) is 0 Å². The summed E-state index contributed by atoms with van der Waals surface area (Å²) in [5, 5.41) is 6.09. The highest BCUT2D eigenvalue weighted by Crippen LogP contribution is 2.30. The molecule has 2 aromatic rings. The van der Waals surface area contributed by atoms with Crippen molar-refractivity contribution in [3.05, 3.63) is 40.8 Å². The number of aromatic nitrogens is 1. The van der Waals surface area contributed by atoms with Gasteiger partial charge in [0.15, 0.2) is 0 Å². The first-order chi connectivity index (χ1) is 9.87. The number of thiazole rings is 1. The van der Waals surface area contributed by atoms with Crippen LogP contribution in [-0.2, 0) is 15.6 Å². The first kappa shape index (κ1) is 15.9. The molecule has 0 saturated heterocycles. The van der Waals surface area contributed by atoms with Crippen LogP contribution in [0.5, 0.6) is 0 Å². The molecule has 114 valence electrons. The Morgan fingerprint density at radius 2 is 2.00 bits per heavy atom. The van der Waals surface area contributed by atoms with Gasteiger partial charge in [0.1, 0.15) is 9.90 Å². The summed E-state index contributed by atoms with van der Waals surface area (Å²) in [5.41, 5.74) is 0.116. The highest BCUT2D eigenvalue weighted by atomic mass is 32.2. The van der Waals surface area contributed by atoms with Gasteiger partial charge in [-0.15, -0.1) is 11.3 Å². The number of nitrogens with one attached hydrogen (secondary N) is 2. The molecule has 0 atom stereocenters. The molecule has 0 aliphatic heterocycles. The average Bonchev–Trinajstić information content (AvgIpc) is 2.93. The molecule has 1 aromatic heterocycles. The number of sulfonamides is 1. The molecule has 1 heterocycles. The second-order valence-electron chi connectivity index (χ2n) is 5.08. The topological polar surface area (TPSA) is 71.1 Å². The van der Waals surface area contributed by atoms with Crippen LogP contribution < -0.4 is 10.0 Å². The van der Waals surface area contributed by atoms with Crippen LogP contribution in [-0.4, -0.2) is 19.9 Å². The van der Waals surface area contributed by atoms with E-state index < -0.39 is 15.6 Å². The molecule has 21 heavy (non-hydrogen) atoms. The minimum absolute atomic E-state index is 0.247. The van der Waals surface area contributed by atoms with Gasteiger partial charge < -0.3 is 5.32 Å². The van der Waals surface area contributed by atoms with Gasteiger partial charge in [-0.1, -0.05) is 19.1 Å². The normalized spacial score (nSPS) is 12.3. The monoisotopic (exact) mass is 325 g/mol. The predicted molar refractivity (Wildman–Crippen MR) is 86.1 cm³/mol. The summed E-state index contributed by atoms with van der Waals surface area (Å²) in [6, 6.07) is 6.88. The van der Waals surface area contributed by atoms with Crippen LogP contribution in [0.1, 0.15) is 25.8 Å². The summed E-state index contributed by atoms with van der Waals surface area (Å²) in [4.78, 5) is 4.55. The van der Waals surface area contributed by atoms with Crippen LogP contribution in [0.2, 0.25) is 0 Å². The van der Waals surface area contributed by atoms with Crippen LogP contribution in [0.25, 0.3) is 0 Å². The van der Waals surface area contributed by atoms with Crippen molar-refractivity contribution in [3.63, 3.8) is 0 Å². The molecular formula is C14H19N3O2S2. The lowest BCUT2D eigenvalue weighted by Gasteiger charge is -2.26. The Balaban J connectivity index is 2.38. The SMILES string of the molecule is CCNS(=O)(=O)c1ccccc1NC(C)(C)c1nccs1. The molecule has 0 amide bonds. The maximum Gasteiger partial charge on any atom is 0.242 e. The summed E-state index contributed by atoms with van der Waals surface area (Å²) in [5.74, 6) is 0. The highest BCUT2D eigenvalue weighted by Gasteiger charge is 2.26. The summed E-state index contributed by atoms with van der Waals surface area (Å²) in [6.07, 6.45) is 1.74. The van der Waals surface area contributed by atoms with Gasteiger partial charge in [-0.05, 0) is 26.0 Å². The van der Waals surface area contributed by atoms with Crippen molar-refractivity contribution in [2.75, 3.05) is 11.9 Å². The van der Waals surface area contributed by atoms with Gasteiger partial charge in [0, 0.05) is 18.1 Å². The van der Waals surface area contributed by atoms with E-state index in [1.54, 1.807) is 31.3 Å². The second-order valence-corrected chi connectivity index (χ2v) is 7.71. The number of nitrogens with zero attached hydrogens (tertiary/aromatic N) is 1. The van der Waals surface area contributed by atoms with Crippen LogP contribution in [0.3, 0.4) is 0 Å². The quantitative estimate of drug-likeness (QED) is 0.857. The second kappa shape index (κ2) is 6.13. The third kappa shape index (κ3) is 3.61. The molecular weight excluding hydrogens is 306 g/mol. The fraction of sp³-hybridized carbons (Fsp3) is 0.357. The zero-order valence-corrected chi connectivity index (χ0v) is 13.9. The summed E-state index contributed by atoms with van der Waals surface area (Å²) < 4.78 is 27.0. The number of para-hydroxylation sites is 1. The fourth-order valence-corrected chi connectivity index (χ4v) is 3.91. The summed E-state index contributed by atoms with van der Waals surface area (Å²) in [6.45, 7) is 6.06. The van der Waals surface area contributed by atoms with Crippen molar-refractivity contribution in [1.82, 2.24) is 9.71 Å².